The molecule has 2 fully saturated rings. The Bertz CT molecular complexity index is 240. The van der Waals surface area contributed by atoms with Crippen LogP contribution in [0.15, 0.2) is 0 Å². The second kappa shape index (κ2) is 2.15. The Morgan fingerprint density at radius 3 is 1.85 bits per heavy atom. The van der Waals surface area contributed by atoms with Crippen molar-refractivity contribution >= 4 is 0 Å². The predicted octanol–water partition coefficient (Wildman–Crippen LogP) is 4.10. The average molecular weight is 180 g/mol. The topological polar surface area (TPSA) is 0 Å². The van der Waals surface area contributed by atoms with E-state index >= 15 is 0 Å². The zero-order valence-electron chi connectivity index (χ0n) is 10.1. The minimum Gasteiger partial charge on any atom is -0.0648 e. The van der Waals surface area contributed by atoms with Gasteiger partial charge in [0.2, 0.25) is 0 Å². The molecule has 0 radical (unpaired) electrons. The minimum absolute atomic E-state index is 0.559. The highest BCUT2D eigenvalue weighted by atomic mass is 14.8. The molecular formula is C13H24. The maximum Gasteiger partial charge on any atom is -0.0207 e. The molecule has 76 valence electrons. The first-order valence-corrected chi connectivity index (χ1v) is 5.83. The highest BCUT2D eigenvalue weighted by molar-refractivity contribution is 5.24. The largest absolute Gasteiger partial charge is 0.0648 e. The number of hydrogen-bond acceptors (Lipinski definition) is 0. The van der Waals surface area contributed by atoms with Gasteiger partial charge in [0.15, 0.2) is 0 Å². The van der Waals surface area contributed by atoms with Gasteiger partial charge in [-0.3, -0.25) is 0 Å². The van der Waals surface area contributed by atoms with Crippen molar-refractivity contribution in [3.8, 4) is 0 Å². The number of hydrogen-bond donors (Lipinski definition) is 0. The van der Waals surface area contributed by atoms with Gasteiger partial charge in [-0.15, -0.1) is 0 Å². The normalized spacial score (nSPS) is 57.7. The lowest BCUT2D eigenvalue weighted by Crippen LogP contribution is -2.28. The third-order valence-electron chi connectivity index (χ3n) is 6.34. The van der Waals surface area contributed by atoms with E-state index in [0.29, 0.717) is 16.2 Å². The van der Waals surface area contributed by atoms with Gasteiger partial charge in [-0.05, 0) is 40.9 Å². The molecule has 0 aromatic rings. The van der Waals surface area contributed by atoms with Gasteiger partial charge in [0.1, 0.15) is 0 Å². The van der Waals surface area contributed by atoms with E-state index in [1.165, 1.54) is 12.8 Å². The predicted molar refractivity (Wildman–Crippen MR) is 57.6 cm³/mol. The Kier molecular flexibility index (Phi) is 1.58. The second-order valence-electron chi connectivity index (χ2n) is 6.37. The van der Waals surface area contributed by atoms with Crippen LogP contribution in [0.1, 0.15) is 54.4 Å². The van der Waals surface area contributed by atoms with Gasteiger partial charge in [0.25, 0.3) is 0 Å². The highest BCUT2D eigenvalue weighted by Gasteiger charge is 2.76. The second-order valence-corrected chi connectivity index (χ2v) is 6.37. The molecule has 0 amide bonds. The first-order valence-electron chi connectivity index (χ1n) is 5.83. The van der Waals surface area contributed by atoms with E-state index in [1.54, 1.807) is 0 Å². The Labute approximate surface area is 83.1 Å². The van der Waals surface area contributed by atoms with Crippen LogP contribution in [0.3, 0.4) is 0 Å². The Morgan fingerprint density at radius 1 is 1.08 bits per heavy atom. The summed E-state index contributed by atoms with van der Waals surface area (Å²) < 4.78 is 0. The van der Waals surface area contributed by atoms with E-state index in [9.17, 15) is 0 Å². The molecule has 2 aliphatic rings. The summed E-state index contributed by atoms with van der Waals surface area (Å²) in [5.41, 5.74) is 1.93. The maximum absolute atomic E-state index is 2.52. The monoisotopic (exact) mass is 180 g/mol. The Morgan fingerprint density at radius 2 is 1.62 bits per heavy atom. The van der Waals surface area contributed by atoms with Crippen LogP contribution in [0.5, 0.6) is 0 Å². The van der Waals surface area contributed by atoms with Crippen LogP contribution < -0.4 is 0 Å². The van der Waals surface area contributed by atoms with Crippen molar-refractivity contribution in [3.63, 3.8) is 0 Å². The van der Waals surface area contributed by atoms with Gasteiger partial charge in [0.05, 0.1) is 0 Å². The fourth-order valence-electron chi connectivity index (χ4n) is 4.59. The Hall–Kier alpha value is 0. The van der Waals surface area contributed by atoms with E-state index in [1.807, 2.05) is 0 Å². The molecule has 0 aromatic carbocycles. The molecule has 0 heteroatoms. The lowest BCUT2D eigenvalue weighted by Gasteiger charge is -2.35. The van der Waals surface area contributed by atoms with Gasteiger partial charge >= 0.3 is 0 Å². The summed E-state index contributed by atoms with van der Waals surface area (Å²) in [7, 11) is 0. The molecule has 0 aromatic heterocycles. The standard InChI is InChI=1S/C13H24/c1-7-13-8-12(13,6)9(2)11(4,5)10(13)3/h9-10H,7-8H2,1-6H3. The van der Waals surface area contributed by atoms with Crippen molar-refractivity contribution in [1.29, 1.82) is 0 Å². The molecule has 0 aliphatic heterocycles. The first kappa shape index (κ1) is 9.55. The molecule has 0 bridgehead atoms. The maximum atomic E-state index is 2.52. The molecule has 13 heavy (non-hydrogen) atoms. The van der Waals surface area contributed by atoms with E-state index in [2.05, 4.69) is 41.5 Å². The van der Waals surface area contributed by atoms with Crippen molar-refractivity contribution in [1.82, 2.24) is 0 Å². The molecule has 2 rings (SSSR count). The fraction of sp³-hybridized carbons (Fsp3) is 1.00. The summed E-state index contributed by atoms with van der Waals surface area (Å²) in [5, 5.41) is 0. The van der Waals surface area contributed by atoms with Gasteiger partial charge in [-0.1, -0.05) is 41.5 Å². The van der Waals surface area contributed by atoms with Gasteiger partial charge in [0, 0.05) is 0 Å². The summed E-state index contributed by atoms with van der Waals surface area (Å²) in [6.07, 6.45) is 2.88. The van der Waals surface area contributed by atoms with Crippen molar-refractivity contribution in [3.05, 3.63) is 0 Å². The zero-order chi connectivity index (χ0) is 10.1. The molecule has 0 spiro atoms. The zero-order valence-corrected chi connectivity index (χ0v) is 10.1. The van der Waals surface area contributed by atoms with Crippen LogP contribution in [0.2, 0.25) is 0 Å². The molecule has 0 nitrogen and oxygen atoms in total. The van der Waals surface area contributed by atoms with Crippen LogP contribution >= 0.6 is 0 Å². The van der Waals surface area contributed by atoms with Crippen LogP contribution in [0.25, 0.3) is 0 Å². The lowest BCUT2D eigenvalue weighted by molar-refractivity contribution is 0.134. The minimum atomic E-state index is 0.559. The van der Waals surface area contributed by atoms with Crippen LogP contribution in [0.4, 0.5) is 0 Å². The quantitative estimate of drug-likeness (QED) is 0.570. The van der Waals surface area contributed by atoms with Crippen molar-refractivity contribution in [2.75, 3.05) is 0 Å². The molecule has 2 aliphatic carbocycles. The SMILES string of the molecule is CCC12CC1(C)C(C)C(C)(C)C2C. The first-order chi connectivity index (χ1) is 5.83. The summed E-state index contributed by atoms with van der Waals surface area (Å²) in [6, 6.07) is 0. The van der Waals surface area contributed by atoms with E-state index in [-0.39, 0.29) is 0 Å². The molecule has 0 heterocycles. The van der Waals surface area contributed by atoms with Crippen LogP contribution in [-0.2, 0) is 0 Å². The van der Waals surface area contributed by atoms with Crippen LogP contribution in [-0.4, -0.2) is 0 Å². The number of fused-ring (bicyclic) bond motifs is 1. The van der Waals surface area contributed by atoms with Gasteiger partial charge < -0.3 is 0 Å². The van der Waals surface area contributed by atoms with Crippen molar-refractivity contribution < 1.29 is 0 Å². The smallest absolute Gasteiger partial charge is 0.0207 e. The van der Waals surface area contributed by atoms with Crippen molar-refractivity contribution in [2.24, 2.45) is 28.1 Å². The molecule has 0 saturated heterocycles. The molecular weight excluding hydrogens is 156 g/mol. The van der Waals surface area contributed by atoms with Crippen molar-refractivity contribution in [2.45, 2.75) is 54.4 Å². The molecule has 0 N–H and O–H groups in total. The van der Waals surface area contributed by atoms with E-state index in [0.717, 1.165) is 11.8 Å². The van der Waals surface area contributed by atoms with E-state index in [4.69, 9.17) is 0 Å². The fourth-order valence-corrected chi connectivity index (χ4v) is 4.59. The summed E-state index contributed by atoms with van der Waals surface area (Å²) >= 11 is 0. The summed E-state index contributed by atoms with van der Waals surface area (Å²) in [5.74, 6) is 1.81. The van der Waals surface area contributed by atoms with Gasteiger partial charge in [-0.2, -0.15) is 0 Å². The molecule has 4 atom stereocenters. The third kappa shape index (κ3) is 0.750. The lowest BCUT2D eigenvalue weighted by atomic mass is 9.70. The van der Waals surface area contributed by atoms with Crippen LogP contribution in [0, 0.1) is 28.1 Å². The van der Waals surface area contributed by atoms with E-state index < -0.39 is 0 Å². The molecule has 2 saturated carbocycles. The third-order valence-corrected chi connectivity index (χ3v) is 6.34. The summed E-state index contributed by atoms with van der Waals surface area (Å²) in [6.45, 7) is 14.8. The Balaban J connectivity index is 2.40. The highest BCUT2D eigenvalue weighted by Crippen LogP contribution is 2.83. The average Bonchev–Trinajstić information content (AvgIpc) is 2.68. The van der Waals surface area contributed by atoms with Gasteiger partial charge in [-0.25, -0.2) is 0 Å². The summed E-state index contributed by atoms with van der Waals surface area (Å²) in [4.78, 5) is 0. The molecule has 4 unspecified atom stereocenters. The number of rotatable bonds is 1.